The van der Waals surface area contributed by atoms with Crippen LogP contribution in [-0.4, -0.2) is 11.5 Å². The molecule has 126 valence electrons. The Kier molecular flexibility index (Phi) is 4.18. The Hall–Kier alpha value is -2.20. The van der Waals surface area contributed by atoms with Crippen LogP contribution >= 0.6 is 11.6 Å². The molecular formula is C19H21ClN2O2. The van der Waals surface area contributed by atoms with Crippen molar-refractivity contribution in [2.45, 2.75) is 38.8 Å². The maximum atomic E-state index is 12.7. The van der Waals surface area contributed by atoms with Gasteiger partial charge >= 0.3 is 0 Å². The molecule has 0 bridgehead atoms. The van der Waals surface area contributed by atoms with Gasteiger partial charge in [0.25, 0.3) is 5.91 Å². The number of ether oxygens (including phenoxy) is 1. The van der Waals surface area contributed by atoms with Gasteiger partial charge < -0.3 is 15.8 Å². The molecule has 0 fully saturated rings. The van der Waals surface area contributed by atoms with Crippen molar-refractivity contribution >= 4 is 23.2 Å². The zero-order valence-electron chi connectivity index (χ0n) is 14.0. The molecule has 3 rings (SSSR count). The van der Waals surface area contributed by atoms with E-state index in [9.17, 15) is 4.79 Å². The highest BCUT2D eigenvalue weighted by molar-refractivity contribution is 6.31. The fourth-order valence-electron chi connectivity index (χ4n) is 3.08. The Labute approximate surface area is 147 Å². The number of carbonyl (C=O) groups excluding carboxylic acids is 1. The first-order chi connectivity index (χ1) is 11.2. The third-order valence-electron chi connectivity index (χ3n) is 4.24. The molecule has 24 heavy (non-hydrogen) atoms. The van der Waals surface area contributed by atoms with Crippen molar-refractivity contribution in [3.8, 4) is 5.75 Å². The van der Waals surface area contributed by atoms with Crippen LogP contribution in [0.5, 0.6) is 5.75 Å². The maximum absolute atomic E-state index is 12.7. The molecule has 1 unspecified atom stereocenters. The van der Waals surface area contributed by atoms with Crippen LogP contribution in [0.25, 0.3) is 0 Å². The molecule has 0 radical (unpaired) electrons. The molecule has 5 heteroatoms. The molecule has 0 saturated carbocycles. The van der Waals surface area contributed by atoms with Gasteiger partial charge in [-0.3, -0.25) is 4.79 Å². The lowest BCUT2D eigenvalue weighted by molar-refractivity contribution is 0.0620. The Balaban J connectivity index is 1.93. The second-order valence-electron chi connectivity index (χ2n) is 6.85. The first-order valence-electron chi connectivity index (χ1n) is 7.91. The minimum absolute atomic E-state index is 0.147. The second-order valence-corrected chi connectivity index (χ2v) is 7.28. The van der Waals surface area contributed by atoms with Crippen molar-refractivity contribution in [3.63, 3.8) is 0 Å². The molecule has 0 aliphatic carbocycles. The quantitative estimate of drug-likeness (QED) is 0.800. The second kappa shape index (κ2) is 6.02. The minimum Gasteiger partial charge on any atom is -0.487 e. The summed E-state index contributed by atoms with van der Waals surface area (Å²) in [5.41, 5.74) is 8.56. The molecule has 1 atom stereocenters. The summed E-state index contributed by atoms with van der Waals surface area (Å²) in [4.78, 5) is 12.7. The summed E-state index contributed by atoms with van der Waals surface area (Å²) in [5, 5.41) is 3.65. The number of hydrogen-bond acceptors (Lipinski definition) is 3. The highest BCUT2D eigenvalue weighted by Crippen LogP contribution is 2.40. The van der Waals surface area contributed by atoms with Gasteiger partial charge in [0, 0.05) is 28.3 Å². The summed E-state index contributed by atoms with van der Waals surface area (Å²) in [6, 6.07) is 10.7. The Morgan fingerprint density at radius 2 is 2.04 bits per heavy atom. The molecule has 4 nitrogen and oxygen atoms in total. The average Bonchev–Trinajstić information content (AvgIpc) is 2.49. The Bertz CT molecular complexity index is 802. The van der Waals surface area contributed by atoms with Crippen LogP contribution in [0.3, 0.4) is 0 Å². The van der Waals surface area contributed by atoms with Gasteiger partial charge in [-0.15, -0.1) is 0 Å². The third kappa shape index (κ3) is 3.34. The number of fused-ring (bicyclic) bond motifs is 1. The number of aryl methyl sites for hydroxylation is 1. The van der Waals surface area contributed by atoms with E-state index < -0.39 is 0 Å². The maximum Gasteiger partial charge on any atom is 0.252 e. The molecule has 0 aromatic heterocycles. The van der Waals surface area contributed by atoms with Gasteiger partial charge in [-0.05, 0) is 56.7 Å². The zero-order valence-corrected chi connectivity index (χ0v) is 14.8. The molecule has 1 heterocycles. The molecule has 0 saturated heterocycles. The number of amides is 1. The van der Waals surface area contributed by atoms with Gasteiger partial charge in [0.2, 0.25) is 0 Å². The van der Waals surface area contributed by atoms with Gasteiger partial charge in [0.05, 0.1) is 6.04 Å². The van der Waals surface area contributed by atoms with E-state index in [0.29, 0.717) is 22.7 Å². The normalized spacial score (nSPS) is 18.4. The van der Waals surface area contributed by atoms with Gasteiger partial charge in [0.1, 0.15) is 11.4 Å². The number of anilines is 1. The van der Waals surface area contributed by atoms with Crippen LogP contribution in [0.4, 0.5) is 5.69 Å². The minimum atomic E-state index is -0.371. The molecule has 1 aliphatic rings. The number of nitrogens with one attached hydrogen (secondary N) is 1. The van der Waals surface area contributed by atoms with Gasteiger partial charge in [-0.1, -0.05) is 17.7 Å². The fourth-order valence-corrected chi connectivity index (χ4v) is 3.25. The number of rotatable bonds is 2. The summed E-state index contributed by atoms with van der Waals surface area (Å²) >= 11 is 6.03. The number of benzene rings is 2. The monoisotopic (exact) mass is 344 g/mol. The van der Waals surface area contributed by atoms with E-state index in [-0.39, 0.29) is 17.6 Å². The summed E-state index contributed by atoms with van der Waals surface area (Å²) in [5.74, 6) is 0.611. The van der Waals surface area contributed by atoms with Crippen LogP contribution in [0, 0.1) is 6.92 Å². The SMILES string of the molecule is Cc1ccc(Cl)cc1C(=O)NC1CC(C)(C)Oc2ccc(N)cc21. The van der Waals surface area contributed by atoms with E-state index in [4.69, 9.17) is 22.1 Å². The summed E-state index contributed by atoms with van der Waals surface area (Å²) in [7, 11) is 0. The van der Waals surface area contributed by atoms with Gasteiger partial charge in [0.15, 0.2) is 0 Å². The predicted molar refractivity (Wildman–Crippen MR) is 96.6 cm³/mol. The number of hydrogen-bond donors (Lipinski definition) is 2. The zero-order chi connectivity index (χ0) is 17.5. The molecule has 3 N–H and O–H groups in total. The van der Waals surface area contributed by atoms with Crippen LogP contribution in [0.15, 0.2) is 36.4 Å². The smallest absolute Gasteiger partial charge is 0.252 e. The highest BCUT2D eigenvalue weighted by Gasteiger charge is 2.34. The predicted octanol–water partition coefficient (Wildman–Crippen LogP) is 4.26. The van der Waals surface area contributed by atoms with Crippen molar-refractivity contribution in [1.82, 2.24) is 5.32 Å². The molecule has 1 aliphatic heterocycles. The van der Waals surface area contributed by atoms with Crippen molar-refractivity contribution in [2.24, 2.45) is 0 Å². The van der Waals surface area contributed by atoms with E-state index in [1.807, 2.05) is 39.0 Å². The lowest BCUT2D eigenvalue weighted by Gasteiger charge is -2.38. The number of nitrogen functional groups attached to an aromatic ring is 1. The highest BCUT2D eigenvalue weighted by atomic mass is 35.5. The van der Waals surface area contributed by atoms with E-state index in [2.05, 4.69) is 5.32 Å². The topological polar surface area (TPSA) is 64.3 Å². The van der Waals surface area contributed by atoms with E-state index >= 15 is 0 Å². The van der Waals surface area contributed by atoms with Gasteiger partial charge in [-0.25, -0.2) is 0 Å². The standard InChI is InChI=1S/C19H21ClN2O2/c1-11-4-5-12(20)8-14(11)18(23)22-16-10-19(2,3)24-17-7-6-13(21)9-15(16)17/h4-9,16H,10,21H2,1-3H3,(H,22,23). The van der Waals surface area contributed by atoms with Crippen molar-refractivity contribution in [2.75, 3.05) is 5.73 Å². The largest absolute Gasteiger partial charge is 0.487 e. The van der Waals surface area contributed by atoms with Crippen molar-refractivity contribution in [3.05, 3.63) is 58.1 Å². The van der Waals surface area contributed by atoms with Crippen LogP contribution in [-0.2, 0) is 0 Å². The average molecular weight is 345 g/mol. The summed E-state index contributed by atoms with van der Waals surface area (Å²) in [6.07, 6.45) is 0.662. The molecular weight excluding hydrogens is 324 g/mol. The van der Waals surface area contributed by atoms with Crippen molar-refractivity contribution < 1.29 is 9.53 Å². The lowest BCUT2D eigenvalue weighted by Crippen LogP contribution is -2.41. The molecule has 2 aromatic rings. The number of halogens is 1. The first kappa shape index (κ1) is 16.7. The molecule has 2 aromatic carbocycles. The Morgan fingerprint density at radius 1 is 1.29 bits per heavy atom. The van der Waals surface area contributed by atoms with Crippen LogP contribution in [0.2, 0.25) is 5.02 Å². The van der Waals surface area contributed by atoms with Crippen LogP contribution in [0.1, 0.15) is 47.8 Å². The number of nitrogens with two attached hydrogens (primary N) is 1. The lowest BCUT2D eigenvalue weighted by atomic mass is 9.89. The van der Waals surface area contributed by atoms with Gasteiger partial charge in [-0.2, -0.15) is 0 Å². The van der Waals surface area contributed by atoms with E-state index in [1.165, 1.54) is 0 Å². The molecule has 0 spiro atoms. The van der Waals surface area contributed by atoms with Crippen molar-refractivity contribution in [1.29, 1.82) is 0 Å². The first-order valence-corrected chi connectivity index (χ1v) is 8.28. The summed E-state index contributed by atoms with van der Waals surface area (Å²) in [6.45, 7) is 5.91. The van der Waals surface area contributed by atoms with E-state index in [0.717, 1.165) is 16.9 Å². The Morgan fingerprint density at radius 3 is 2.79 bits per heavy atom. The molecule has 1 amide bonds. The third-order valence-corrected chi connectivity index (χ3v) is 4.48. The van der Waals surface area contributed by atoms with Crippen LogP contribution < -0.4 is 15.8 Å². The fraction of sp³-hybridized carbons (Fsp3) is 0.316. The van der Waals surface area contributed by atoms with E-state index in [1.54, 1.807) is 18.2 Å². The number of carbonyl (C=O) groups is 1. The summed E-state index contributed by atoms with van der Waals surface area (Å²) < 4.78 is 6.01.